The number of nitrogens with one attached hydrogen (secondary N) is 2. The van der Waals surface area contributed by atoms with Gasteiger partial charge in [0, 0.05) is 22.8 Å². The molecule has 2 aromatic carbocycles. The van der Waals surface area contributed by atoms with Crippen molar-refractivity contribution in [3.05, 3.63) is 63.1 Å². The molecule has 21 heavy (non-hydrogen) atoms. The Balaban J connectivity index is 2.14. The average molecular weight is 368 g/mol. The van der Waals surface area contributed by atoms with E-state index in [4.69, 9.17) is 11.6 Å². The Bertz CT molecular complexity index is 687. The number of amides is 2. The van der Waals surface area contributed by atoms with E-state index in [9.17, 15) is 9.59 Å². The molecule has 108 valence electrons. The Morgan fingerprint density at radius 3 is 2.29 bits per heavy atom. The third kappa shape index (κ3) is 3.83. The van der Waals surface area contributed by atoms with Crippen LogP contribution >= 0.6 is 27.5 Å². The van der Waals surface area contributed by atoms with Crippen LogP contribution in [-0.2, 0) is 0 Å². The first-order chi connectivity index (χ1) is 10.0. The quantitative estimate of drug-likeness (QED) is 0.869. The standard InChI is InChI=1S/C15H12BrClN2O2/c1-18-14(20)9-2-5-11(6-3-9)19-15(21)12-7-4-10(16)8-13(12)17/h2-8H,1H3,(H,18,20)(H,19,21). The predicted octanol–water partition coefficient (Wildman–Crippen LogP) is 3.71. The highest BCUT2D eigenvalue weighted by Crippen LogP contribution is 2.22. The van der Waals surface area contributed by atoms with Crippen molar-refractivity contribution in [2.45, 2.75) is 0 Å². The van der Waals surface area contributed by atoms with Gasteiger partial charge in [-0.1, -0.05) is 27.5 Å². The molecule has 0 radical (unpaired) electrons. The molecule has 2 amide bonds. The van der Waals surface area contributed by atoms with Crippen LogP contribution in [0.15, 0.2) is 46.9 Å². The lowest BCUT2D eigenvalue weighted by atomic mass is 10.1. The average Bonchev–Trinajstić information content (AvgIpc) is 2.47. The Hall–Kier alpha value is -1.85. The van der Waals surface area contributed by atoms with E-state index >= 15 is 0 Å². The molecule has 0 aliphatic rings. The van der Waals surface area contributed by atoms with Crippen LogP contribution in [0.1, 0.15) is 20.7 Å². The number of hydrogen-bond acceptors (Lipinski definition) is 2. The summed E-state index contributed by atoms with van der Waals surface area (Å²) in [5.41, 5.74) is 1.50. The molecule has 0 heterocycles. The van der Waals surface area contributed by atoms with Gasteiger partial charge in [-0.15, -0.1) is 0 Å². The second-order valence-electron chi connectivity index (χ2n) is 4.23. The van der Waals surface area contributed by atoms with E-state index in [-0.39, 0.29) is 11.8 Å². The highest BCUT2D eigenvalue weighted by atomic mass is 79.9. The molecule has 0 saturated carbocycles. The van der Waals surface area contributed by atoms with Crippen molar-refractivity contribution in [1.82, 2.24) is 5.32 Å². The van der Waals surface area contributed by atoms with E-state index in [1.165, 1.54) is 0 Å². The Labute approximate surface area is 135 Å². The third-order valence-corrected chi connectivity index (χ3v) is 3.61. The molecular weight excluding hydrogens is 356 g/mol. The second kappa shape index (κ2) is 6.74. The van der Waals surface area contributed by atoms with E-state index < -0.39 is 0 Å². The van der Waals surface area contributed by atoms with Gasteiger partial charge in [-0.05, 0) is 42.5 Å². The Kier molecular flexibility index (Phi) is 4.98. The van der Waals surface area contributed by atoms with Crippen molar-refractivity contribution in [2.24, 2.45) is 0 Å². The molecule has 0 aromatic heterocycles. The number of rotatable bonds is 3. The van der Waals surface area contributed by atoms with Gasteiger partial charge < -0.3 is 10.6 Å². The number of hydrogen-bond donors (Lipinski definition) is 2. The summed E-state index contributed by atoms with van der Waals surface area (Å²) in [6.45, 7) is 0. The monoisotopic (exact) mass is 366 g/mol. The largest absolute Gasteiger partial charge is 0.355 e. The highest BCUT2D eigenvalue weighted by Gasteiger charge is 2.11. The molecule has 0 saturated heterocycles. The van der Waals surface area contributed by atoms with Crippen molar-refractivity contribution in [2.75, 3.05) is 12.4 Å². The van der Waals surface area contributed by atoms with Crippen LogP contribution in [0, 0.1) is 0 Å². The lowest BCUT2D eigenvalue weighted by Gasteiger charge is -2.08. The van der Waals surface area contributed by atoms with E-state index in [2.05, 4.69) is 26.6 Å². The van der Waals surface area contributed by atoms with E-state index in [0.717, 1.165) is 4.47 Å². The van der Waals surface area contributed by atoms with E-state index in [1.54, 1.807) is 49.5 Å². The summed E-state index contributed by atoms with van der Waals surface area (Å²) < 4.78 is 0.805. The fourth-order valence-electron chi connectivity index (χ4n) is 1.72. The molecule has 2 N–H and O–H groups in total. The van der Waals surface area contributed by atoms with Gasteiger partial charge in [-0.25, -0.2) is 0 Å². The first-order valence-corrected chi connectivity index (χ1v) is 7.27. The van der Waals surface area contributed by atoms with Crippen molar-refractivity contribution in [3.63, 3.8) is 0 Å². The summed E-state index contributed by atoms with van der Waals surface area (Å²) >= 11 is 9.32. The predicted molar refractivity (Wildman–Crippen MR) is 86.9 cm³/mol. The summed E-state index contributed by atoms with van der Waals surface area (Å²) in [7, 11) is 1.56. The zero-order chi connectivity index (χ0) is 15.4. The molecular formula is C15H12BrClN2O2. The van der Waals surface area contributed by atoms with Crippen LogP contribution in [0.3, 0.4) is 0 Å². The molecule has 0 atom stereocenters. The van der Waals surface area contributed by atoms with Gasteiger partial charge in [-0.2, -0.15) is 0 Å². The maximum atomic E-state index is 12.1. The first-order valence-electron chi connectivity index (χ1n) is 6.10. The van der Waals surface area contributed by atoms with Crippen LogP contribution in [0.25, 0.3) is 0 Å². The van der Waals surface area contributed by atoms with Crippen LogP contribution < -0.4 is 10.6 Å². The normalized spacial score (nSPS) is 10.0. The van der Waals surface area contributed by atoms with Crippen molar-refractivity contribution >= 4 is 45.0 Å². The number of halogens is 2. The summed E-state index contributed by atoms with van der Waals surface area (Å²) in [6.07, 6.45) is 0. The lowest BCUT2D eigenvalue weighted by molar-refractivity contribution is 0.0962. The van der Waals surface area contributed by atoms with Gasteiger partial charge in [0.05, 0.1) is 10.6 Å². The zero-order valence-corrected chi connectivity index (χ0v) is 13.5. The smallest absolute Gasteiger partial charge is 0.257 e. The number of carbonyl (C=O) groups is 2. The highest BCUT2D eigenvalue weighted by molar-refractivity contribution is 9.10. The fraction of sp³-hybridized carbons (Fsp3) is 0.0667. The number of benzene rings is 2. The van der Waals surface area contributed by atoms with E-state index in [1.807, 2.05) is 0 Å². The molecule has 6 heteroatoms. The molecule has 2 aromatic rings. The lowest BCUT2D eigenvalue weighted by Crippen LogP contribution is -2.18. The van der Waals surface area contributed by atoms with Crippen molar-refractivity contribution in [3.8, 4) is 0 Å². The first kappa shape index (κ1) is 15.5. The fourth-order valence-corrected chi connectivity index (χ4v) is 2.48. The number of anilines is 1. The molecule has 0 fully saturated rings. The van der Waals surface area contributed by atoms with Crippen LogP contribution in [0.5, 0.6) is 0 Å². The van der Waals surface area contributed by atoms with Crippen molar-refractivity contribution < 1.29 is 9.59 Å². The summed E-state index contributed by atoms with van der Waals surface area (Å²) in [4.78, 5) is 23.6. The zero-order valence-electron chi connectivity index (χ0n) is 11.1. The summed E-state index contributed by atoms with van der Waals surface area (Å²) in [5.74, 6) is -0.482. The molecule has 2 rings (SSSR count). The van der Waals surface area contributed by atoms with Gasteiger partial charge in [-0.3, -0.25) is 9.59 Å². The van der Waals surface area contributed by atoms with Crippen LogP contribution in [-0.4, -0.2) is 18.9 Å². The molecule has 0 aliphatic carbocycles. The van der Waals surface area contributed by atoms with Gasteiger partial charge in [0.25, 0.3) is 11.8 Å². The Morgan fingerprint density at radius 1 is 1.05 bits per heavy atom. The Morgan fingerprint density at radius 2 is 1.71 bits per heavy atom. The number of carbonyl (C=O) groups excluding carboxylic acids is 2. The molecule has 0 aliphatic heterocycles. The molecule has 0 bridgehead atoms. The third-order valence-electron chi connectivity index (χ3n) is 2.81. The maximum absolute atomic E-state index is 12.1. The minimum Gasteiger partial charge on any atom is -0.355 e. The topological polar surface area (TPSA) is 58.2 Å². The minimum absolute atomic E-state index is 0.177. The van der Waals surface area contributed by atoms with Crippen LogP contribution in [0.4, 0.5) is 5.69 Å². The SMILES string of the molecule is CNC(=O)c1ccc(NC(=O)c2ccc(Br)cc2Cl)cc1. The minimum atomic E-state index is -0.305. The van der Waals surface area contributed by atoms with Crippen molar-refractivity contribution in [1.29, 1.82) is 0 Å². The summed E-state index contributed by atoms with van der Waals surface area (Å²) in [5, 5.41) is 5.63. The molecule has 4 nitrogen and oxygen atoms in total. The van der Waals surface area contributed by atoms with Gasteiger partial charge in [0.15, 0.2) is 0 Å². The van der Waals surface area contributed by atoms with E-state index in [0.29, 0.717) is 21.8 Å². The van der Waals surface area contributed by atoms with Crippen LogP contribution in [0.2, 0.25) is 5.02 Å². The maximum Gasteiger partial charge on any atom is 0.257 e. The summed E-state index contributed by atoms with van der Waals surface area (Å²) in [6, 6.07) is 11.6. The van der Waals surface area contributed by atoms with Gasteiger partial charge >= 0.3 is 0 Å². The second-order valence-corrected chi connectivity index (χ2v) is 5.56. The molecule has 0 unspecified atom stereocenters. The van der Waals surface area contributed by atoms with Gasteiger partial charge in [0.1, 0.15) is 0 Å². The molecule has 0 spiro atoms. The van der Waals surface area contributed by atoms with Gasteiger partial charge in [0.2, 0.25) is 0 Å².